The minimum atomic E-state index is -0.959. The number of ether oxygens (including phenoxy) is 1. The van der Waals surface area contributed by atoms with Gasteiger partial charge in [-0.05, 0) is 18.9 Å². The van der Waals surface area contributed by atoms with Crippen molar-refractivity contribution < 1.29 is 19.4 Å². The smallest absolute Gasteiger partial charge is 0.315 e. The van der Waals surface area contributed by atoms with E-state index in [0.717, 1.165) is 6.42 Å². The molecular formula is C15H20N2O4. The van der Waals surface area contributed by atoms with Gasteiger partial charge >= 0.3 is 12.0 Å². The molecule has 0 spiro atoms. The van der Waals surface area contributed by atoms with Crippen LogP contribution in [0.4, 0.5) is 4.79 Å². The lowest BCUT2D eigenvalue weighted by Crippen LogP contribution is -2.46. The number of benzene rings is 1. The van der Waals surface area contributed by atoms with Gasteiger partial charge in [0.15, 0.2) is 0 Å². The normalized spacial score (nSPS) is 22.5. The average Bonchev–Trinajstić information content (AvgIpc) is 2.85. The van der Waals surface area contributed by atoms with Crippen LogP contribution in [0.1, 0.15) is 24.8 Å². The van der Waals surface area contributed by atoms with Crippen LogP contribution in [0.25, 0.3) is 0 Å². The molecule has 3 unspecified atom stereocenters. The van der Waals surface area contributed by atoms with Crippen LogP contribution >= 0.6 is 0 Å². The minimum absolute atomic E-state index is 0.0138. The first-order valence-corrected chi connectivity index (χ1v) is 7.01. The predicted molar refractivity (Wildman–Crippen MR) is 77.2 cm³/mol. The van der Waals surface area contributed by atoms with Gasteiger partial charge in [0.25, 0.3) is 0 Å². The topological polar surface area (TPSA) is 87.7 Å². The van der Waals surface area contributed by atoms with Crippen molar-refractivity contribution in [2.45, 2.75) is 31.4 Å². The van der Waals surface area contributed by atoms with Gasteiger partial charge in [0.05, 0.1) is 18.1 Å². The van der Waals surface area contributed by atoms with Crippen molar-refractivity contribution in [3.63, 3.8) is 0 Å². The van der Waals surface area contributed by atoms with Crippen molar-refractivity contribution >= 4 is 12.0 Å². The number of carboxylic acids is 1. The zero-order valence-corrected chi connectivity index (χ0v) is 11.9. The summed E-state index contributed by atoms with van der Waals surface area (Å²) in [6.45, 7) is 2.59. The van der Waals surface area contributed by atoms with E-state index >= 15 is 0 Å². The average molecular weight is 292 g/mol. The van der Waals surface area contributed by atoms with Crippen LogP contribution in [-0.4, -0.2) is 42.4 Å². The molecule has 21 heavy (non-hydrogen) atoms. The van der Waals surface area contributed by atoms with E-state index in [1.54, 1.807) is 24.3 Å². The van der Waals surface area contributed by atoms with Crippen molar-refractivity contribution in [1.29, 1.82) is 0 Å². The Balaban J connectivity index is 1.87. The van der Waals surface area contributed by atoms with Crippen LogP contribution < -0.4 is 10.6 Å². The van der Waals surface area contributed by atoms with Crippen molar-refractivity contribution in [1.82, 2.24) is 10.6 Å². The number of hydrogen-bond donors (Lipinski definition) is 3. The number of carbonyl (C=O) groups is 2. The van der Waals surface area contributed by atoms with Gasteiger partial charge in [-0.15, -0.1) is 0 Å². The summed E-state index contributed by atoms with van der Waals surface area (Å²) in [4.78, 5) is 23.1. The molecule has 3 N–H and O–H groups in total. The fourth-order valence-electron chi connectivity index (χ4n) is 2.37. The van der Waals surface area contributed by atoms with Crippen molar-refractivity contribution in [3.05, 3.63) is 35.9 Å². The van der Waals surface area contributed by atoms with E-state index in [1.807, 2.05) is 13.0 Å². The molecule has 2 amide bonds. The van der Waals surface area contributed by atoms with E-state index < -0.39 is 11.9 Å². The molecule has 3 atom stereocenters. The van der Waals surface area contributed by atoms with E-state index in [0.29, 0.717) is 12.2 Å². The van der Waals surface area contributed by atoms with E-state index in [-0.39, 0.29) is 24.7 Å². The van der Waals surface area contributed by atoms with Crippen molar-refractivity contribution in [2.24, 2.45) is 0 Å². The number of aliphatic carboxylic acids is 1. The highest BCUT2D eigenvalue weighted by Crippen LogP contribution is 2.15. The maximum absolute atomic E-state index is 11.8. The summed E-state index contributed by atoms with van der Waals surface area (Å²) in [5, 5.41) is 14.7. The Kier molecular flexibility index (Phi) is 5.16. The summed E-state index contributed by atoms with van der Waals surface area (Å²) in [6, 6.07) is 8.48. The number of amides is 2. The third-order valence-corrected chi connectivity index (χ3v) is 3.66. The molecule has 6 heteroatoms. The third-order valence-electron chi connectivity index (χ3n) is 3.66. The van der Waals surface area contributed by atoms with Crippen molar-refractivity contribution in [3.8, 4) is 0 Å². The molecule has 1 heterocycles. The Bertz CT molecular complexity index is 492. The lowest BCUT2D eigenvalue weighted by Gasteiger charge is -2.18. The number of nitrogens with one attached hydrogen (secondary N) is 2. The highest BCUT2D eigenvalue weighted by Gasteiger charge is 2.26. The molecule has 0 aromatic heterocycles. The maximum Gasteiger partial charge on any atom is 0.315 e. The van der Waals surface area contributed by atoms with Gasteiger partial charge in [0.1, 0.15) is 0 Å². The fraction of sp³-hybridized carbons (Fsp3) is 0.467. The van der Waals surface area contributed by atoms with Gasteiger partial charge in [-0.2, -0.15) is 0 Å². The third kappa shape index (κ3) is 4.19. The lowest BCUT2D eigenvalue weighted by molar-refractivity contribution is -0.138. The zero-order valence-electron chi connectivity index (χ0n) is 11.9. The minimum Gasteiger partial charge on any atom is -0.481 e. The second-order valence-corrected chi connectivity index (χ2v) is 5.13. The predicted octanol–water partition coefficient (Wildman–Crippen LogP) is 1.33. The highest BCUT2D eigenvalue weighted by atomic mass is 16.5. The molecular weight excluding hydrogens is 272 g/mol. The quantitative estimate of drug-likeness (QED) is 0.764. The Labute approximate surface area is 123 Å². The van der Waals surface area contributed by atoms with Gasteiger partial charge < -0.3 is 20.5 Å². The molecule has 0 bridgehead atoms. The van der Waals surface area contributed by atoms with E-state index in [1.165, 1.54) is 0 Å². The number of hydrogen-bond acceptors (Lipinski definition) is 3. The highest BCUT2D eigenvalue weighted by molar-refractivity contribution is 5.79. The molecule has 0 radical (unpaired) electrons. The molecule has 6 nitrogen and oxygen atoms in total. The second kappa shape index (κ2) is 7.08. The van der Waals surface area contributed by atoms with Gasteiger partial charge in [-0.1, -0.05) is 30.3 Å². The summed E-state index contributed by atoms with van der Waals surface area (Å²) < 4.78 is 5.36. The Morgan fingerprint density at radius 1 is 1.38 bits per heavy atom. The van der Waals surface area contributed by atoms with Gasteiger partial charge in [0.2, 0.25) is 0 Å². The molecule has 2 rings (SSSR count). The SMILES string of the molecule is CC1OCCC1NC(=O)NCC(C(=O)O)c1ccccc1. The van der Waals surface area contributed by atoms with Crippen LogP contribution in [0.15, 0.2) is 30.3 Å². The second-order valence-electron chi connectivity index (χ2n) is 5.13. The molecule has 1 aromatic rings. The van der Waals surface area contributed by atoms with Gasteiger partial charge in [-0.25, -0.2) is 4.79 Å². The molecule has 1 aromatic carbocycles. The van der Waals surface area contributed by atoms with Crippen LogP contribution in [0, 0.1) is 0 Å². The molecule has 114 valence electrons. The van der Waals surface area contributed by atoms with Crippen LogP contribution in [-0.2, 0) is 9.53 Å². The molecule has 0 aliphatic carbocycles. The largest absolute Gasteiger partial charge is 0.481 e. The standard InChI is InChI=1S/C15H20N2O4/c1-10-13(7-8-21-10)17-15(20)16-9-12(14(18)19)11-5-3-2-4-6-11/h2-6,10,12-13H,7-9H2,1H3,(H,18,19)(H2,16,17,20). The monoisotopic (exact) mass is 292 g/mol. The number of rotatable bonds is 5. The fourth-order valence-corrected chi connectivity index (χ4v) is 2.37. The van der Waals surface area contributed by atoms with Gasteiger partial charge in [0, 0.05) is 13.2 Å². The molecule has 1 saturated heterocycles. The number of urea groups is 1. The van der Waals surface area contributed by atoms with Gasteiger partial charge in [-0.3, -0.25) is 4.79 Å². The zero-order chi connectivity index (χ0) is 15.2. The van der Waals surface area contributed by atoms with E-state index in [4.69, 9.17) is 4.74 Å². The Hall–Kier alpha value is -2.08. The van der Waals surface area contributed by atoms with E-state index in [9.17, 15) is 14.7 Å². The maximum atomic E-state index is 11.8. The first-order chi connectivity index (χ1) is 10.1. The summed E-state index contributed by atoms with van der Waals surface area (Å²) in [6.07, 6.45) is 0.760. The Morgan fingerprint density at radius 3 is 2.67 bits per heavy atom. The number of carbonyl (C=O) groups excluding carboxylic acids is 1. The molecule has 1 aliphatic rings. The van der Waals surface area contributed by atoms with Crippen LogP contribution in [0.3, 0.4) is 0 Å². The number of carboxylic acid groups (broad SMARTS) is 1. The molecule has 1 aliphatic heterocycles. The first-order valence-electron chi connectivity index (χ1n) is 7.01. The lowest BCUT2D eigenvalue weighted by atomic mass is 9.99. The summed E-state index contributed by atoms with van der Waals surface area (Å²) in [5.41, 5.74) is 0.669. The van der Waals surface area contributed by atoms with Crippen LogP contribution in [0.2, 0.25) is 0 Å². The van der Waals surface area contributed by atoms with Crippen LogP contribution in [0.5, 0.6) is 0 Å². The summed E-state index contributed by atoms with van der Waals surface area (Å²) in [5.74, 6) is -1.71. The molecule has 0 saturated carbocycles. The Morgan fingerprint density at radius 2 is 2.10 bits per heavy atom. The summed E-state index contributed by atoms with van der Waals surface area (Å²) >= 11 is 0. The summed E-state index contributed by atoms with van der Waals surface area (Å²) in [7, 11) is 0. The van der Waals surface area contributed by atoms with Crippen molar-refractivity contribution in [2.75, 3.05) is 13.2 Å². The first kappa shape index (κ1) is 15.3. The van der Waals surface area contributed by atoms with E-state index in [2.05, 4.69) is 10.6 Å². The molecule has 1 fully saturated rings.